The lowest BCUT2D eigenvalue weighted by atomic mass is 10.1. The molecule has 0 aliphatic heterocycles. The molecule has 4 nitrogen and oxygen atoms in total. The molecule has 0 heterocycles. The van der Waals surface area contributed by atoms with Gasteiger partial charge >= 0.3 is 0 Å². The van der Waals surface area contributed by atoms with Gasteiger partial charge in [-0.25, -0.2) is 8.42 Å². The summed E-state index contributed by atoms with van der Waals surface area (Å²) in [5, 5.41) is 8.82. The first-order chi connectivity index (χ1) is 10.4. The van der Waals surface area contributed by atoms with Crippen LogP contribution >= 0.6 is 15.9 Å². The van der Waals surface area contributed by atoms with Crippen LogP contribution in [0.15, 0.2) is 64.0 Å². The van der Waals surface area contributed by atoms with Crippen molar-refractivity contribution in [3.05, 3.63) is 64.6 Å². The Labute approximate surface area is 138 Å². The second-order valence-electron chi connectivity index (χ2n) is 5.58. The van der Waals surface area contributed by atoms with Crippen molar-refractivity contribution in [3.63, 3.8) is 0 Å². The van der Waals surface area contributed by atoms with E-state index in [0.717, 1.165) is 10.0 Å². The summed E-state index contributed by atoms with van der Waals surface area (Å²) >= 11 is 3.35. The van der Waals surface area contributed by atoms with E-state index in [4.69, 9.17) is 5.73 Å². The molecule has 0 amide bonds. The van der Waals surface area contributed by atoms with Crippen molar-refractivity contribution in [2.24, 2.45) is 5.73 Å². The number of halogens is 1. The van der Waals surface area contributed by atoms with Crippen molar-refractivity contribution >= 4 is 25.8 Å². The fourth-order valence-electron chi connectivity index (χ4n) is 2.99. The third-order valence-corrected chi connectivity index (χ3v) is 7.05. The van der Waals surface area contributed by atoms with E-state index >= 15 is 0 Å². The Balaban J connectivity index is 2.02. The number of nitrogens with two attached hydrogens (primary N) is 1. The maximum Gasteiger partial charge on any atom is 0.183 e. The van der Waals surface area contributed by atoms with E-state index in [1.54, 1.807) is 30.3 Å². The van der Waals surface area contributed by atoms with Gasteiger partial charge in [0.05, 0.1) is 22.3 Å². The Morgan fingerprint density at radius 3 is 2.23 bits per heavy atom. The van der Waals surface area contributed by atoms with Gasteiger partial charge in [-0.1, -0.05) is 46.3 Å². The van der Waals surface area contributed by atoms with E-state index in [1.807, 2.05) is 24.3 Å². The van der Waals surface area contributed by atoms with Crippen molar-refractivity contribution in [2.45, 2.75) is 21.6 Å². The normalized spacial score (nSPS) is 27.6. The minimum Gasteiger partial charge on any atom is -0.394 e. The predicted octanol–water partition coefficient (Wildman–Crippen LogP) is 2.08. The van der Waals surface area contributed by atoms with Gasteiger partial charge in [-0.2, -0.15) is 0 Å². The quantitative estimate of drug-likeness (QED) is 0.849. The predicted molar refractivity (Wildman–Crippen MR) is 88.3 cm³/mol. The third kappa shape index (κ3) is 2.40. The Kier molecular flexibility index (Phi) is 3.89. The van der Waals surface area contributed by atoms with Crippen LogP contribution in [0.5, 0.6) is 0 Å². The number of aliphatic hydroxyl groups is 1. The average Bonchev–Trinajstić information content (AvgIpc) is 3.17. The molecule has 1 fully saturated rings. The van der Waals surface area contributed by atoms with Crippen LogP contribution in [0.1, 0.15) is 11.5 Å². The molecule has 3 rings (SSSR count). The molecule has 6 heteroatoms. The molecule has 3 N–H and O–H groups in total. The van der Waals surface area contributed by atoms with E-state index < -0.39 is 26.5 Å². The van der Waals surface area contributed by atoms with Crippen LogP contribution in [0.4, 0.5) is 0 Å². The summed E-state index contributed by atoms with van der Waals surface area (Å²) < 4.78 is 26.5. The molecule has 0 bridgehead atoms. The molecule has 1 aliphatic carbocycles. The summed E-state index contributed by atoms with van der Waals surface area (Å²) in [4.78, 5) is 0.239. The Morgan fingerprint density at radius 2 is 1.68 bits per heavy atom. The van der Waals surface area contributed by atoms with Crippen LogP contribution < -0.4 is 5.73 Å². The molecular formula is C16H16BrNO3S. The number of aliphatic hydroxyl groups excluding tert-OH is 1. The minimum atomic E-state index is -3.59. The third-order valence-electron chi connectivity index (χ3n) is 4.21. The molecule has 1 saturated carbocycles. The van der Waals surface area contributed by atoms with Crippen LogP contribution in [-0.4, -0.2) is 30.9 Å². The average molecular weight is 382 g/mol. The second kappa shape index (κ2) is 5.45. The van der Waals surface area contributed by atoms with Crippen molar-refractivity contribution in [3.8, 4) is 0 Å². The minimum absolute atomic E-state index is 0.239. The molecule has 0 spiro atoms. The highest BCUT2D eigenvalue weighted by Gasteiger charge is 2.68. The SMILES string of the molecule is N[C@]1(CO)[C@H](c2ccc(Br)cc2)[C@H]1S(=O)(=O)c1ccccc1. The first kappa shape index (κ1) is 15.7. The largest absolute Gasteiger partial charge is 0.394 e. The van der Waals surface area contributed by atoms with Crippen LogP contribution in [0, 0.1) is 0 Å². The van der Waals surface area contributed by atoms with Gasteiger partial charge in [0.2, 0.25) is 0 Å². The number of sulfone groups is 1. The van der Waals surface area contributed by atoms with Gasteiger partial charge < -0.3 is 10.8 Å². The molecule has 116 valence electrons. The van der Waals surface area contributed by atoms with Gasteiger partial charge in [-0.15, -0.1) is 0 Å². The molecule has 0 aromatic heterocycles. The Morgan fingerprint density at radius 1 is 1.09 bits per heavy atom. The topological polar surface area (TPSA) is 80.4 Å². The van der Waals surface area contributed by atoms with Crippen molar-refractivity contribution in [1.82, 2.24) is 0 Å². The maximum absolute atomic E-state index is 12.8. The Hall–Kier alpha value is -1.21. The lowest BCUT2D eigenvalue weighted by molar-refractivity contribution is 0.253. The van der Waals surface area contributed by atoms with Gasteiger partial charge in [0.25, 0.3) is 0 Å². The molecule has 0 unspecified atom stereocenters. The van der Waals surface area contributed by atoms with Crippen molar-refractivity contribution in [1.29, 1.82) is 0 Å². The molecule has 0 saturated heterocycles. The zero-order valence-electron chi connectivity index (χ0n) is 11.7. The molecule has 2 aromatic rings. The zero-order chi connectivity index (χ0) is 16.0. The standard InChI is InChI=1S/C16H16BrNO3S/c17-12-8-6-11(7-9-12)14-15(16(14,18)10-19)22(20,21)13-4-2-1-3-5-13/h1-9,14-15,19H,10,18H2/t14-,15-,16-/m1/s1. The number of rotatable bonds is 4. The van der Waals surface area contributed by atoms with Crippen LogP contribution in [-0.2, 0) is 9.84 Å². The number of hydrogen-bond acceptors (Lipinski definition) is 4. The summed E-state index contributed by atoms with van der Waals surface area (Å²) in [5.41, 5.74) is 5.87. The lowest BCUT2D eigenvalue weighted by Crippen LogP contribution is -2.35. The summed E-state index contributed by atoms with van der Waals surface area (Å²) in [6.07, 6.45) is 0. The van der Waals surface area contributed by atoms with Crippen LogP contribution in [0.25, 0.3) is 0 Å². The van der Waals surface area contributed by atoms with E-state index in [1.165, 1.54) is 0 Å². The fourth-order valence-corrected chi connectivity index (χ4v) is 5.57. The van der Waals surface area contributed by atoms with E-state index in [9.17, 15) is 13.5 Å². The smallest absolute Gasteiger partial charge is 0.183 e. The highest BCUT2D eigenvalue weighted by Crippen LogP contribution is 2.55. The van der Waals surface area contributed by atoms with E-state index in [2.05, 4.69) is 15.9 Å². The first-order valence-electron chi connectivity index (χ1n) is 6.85. The summed E-state index contributed by atoms with van der Waals surface area (Å²) in [6.45, 7) is -0.371. The molecule has 3 atom stereocenters. The van der Waals surface area contributed by atoms with Crippen molar-refractivity contribution < 1.29 is 13.5 Å². The van der Waals surface area contributed by atoms with Crippen LogP contribution in [0.2, 0.25) is 0 Å². The first-order valence-corrected chi connectivity index (χ1v) is 9.19. The molecule has 22 heavy (non-hydrogen) atoms. The van der Waals surface area contributed by atoms with Gasteiger partial charge in [-0.3, -0.25) is 0 Å². The number of hydrogen-bond donors (Lipinski definition) is 2. The zero-order valence-corrected chi connectivity index (χ0v) is 14.1. The molecule has 0 radical (unpaired) electrons. The summed E-state index contributed by atoms with van der Waals surface area (Å²) in [5.74, 6) is -0.407. The van der Waals surface area contributed by atoms with E-state index in [-0.39, 0.29) is 11.5 Å². The highest BCUT2D eigenvalue weighted by atomic mass is 79.9. The lowest BCUT2D eigenvalue weighted by Gasteiger charge is -2.08. The highest BCUT2D eigenvalue weighted by molar-refractivity contribution is 9.10. The fraction of sp³-hybridized carbons (Fsp3) is 0.250. The summed E-state index contributed by atoms with van der Waals surface area (Å²) in [7, 11) is -3.59. The van der Waals surface area contributed by atoms with Gasteiger partial charge in [0.15, 0.2) is 9.84 Å². The maximum atomic E-state index is 12.8. The molecule has 1 aliphatic rings. The van der Waals surface area contributed by atoms with Gasteiger partial charge in [0.1, 0.15) is 0 Å². The van der Waals surface area contributed by atoms with Crippen molar-refractivity contribution in [2.75, 3.05) is 6.61 Å². The van der Waals surface area contributed by atoms with Gasteiger partial charge in [0, 0.05) is 10.4 Å². The summed E-state index contributed by atoms with van der Waals surface area (Å²) in [6, 6.07) is 15.6. The van der Waals surface area contributed by atoms with Crippen LogP contribution in [0.3, 0.4) is 0 Å². The molecule has 2 aromatic carbocycles. The Bertz CT molecular complexity index is 777. The number of benzene rings is 2. The second-order valence-corrected chi connectivity index (χ2v) is 8.56. The van der Waals surface area contributed by atoms with E-state index in [0.29, 0.717) is 0 Å². The monoisotopic (exact) mass is 381 g/mol. The van der Waals surface area contributed by atoms with Gasteiger partial charge in [-0.05, 0) is 29.8 Å². The molecular weight excluding hydrogens is 366 g/mol.